The Kier molecular flexibility index (Phi) is 4.97. The number of hydrogen-bond acceptors (Lipinski definition) is 7. The number of anilines is 3. The SMILES string of the molecule is Cc1nc2cnc(Nc3ccnc(NCCC(=O)O)n3)cc2n1C(C)C. The number of aryl methyl sites for hydroxylation is 1. The van der Waals surface area contributed by atoms with E-state index in [-0.39, 0.29) is 13.0 Å². The van der Waals surface area contributed by atoms with Crippen LogP contribution in [0.25, 0.3) is 11.0 Å². The lowest BCUT2D eigenvalue weighted by atomic mass is 10.3. The van der Waals surface area contributed by atoms with E-state index in [1.54, 1.807) is 18.5 Å². The Morgan fingerprint density at radius 3 is 2.81 bits per heavy atom. The highest BCUT2D eigenvalue weighted by atomic mass is 16.4. The number of imidazole rings is 1. The van der Waals surface area contributed by atoms with Crippen LogP contribution in [-0.4, -0.2) is 42.1 Å². The Labute approximate surface area is 150 Å². The lowest BCUT2D eigenvalue weighted by Crippen LogP contribution is -2.10. The van der Waals surface area contributed by atoms with Gasteiger partial charge in [-0.2, -0.15) is 4.98 Å². The van der Waals surface area contributed by atoms with Gasteiger partial charge < -0.3 is 20.3 Å². The summed E-state index contributed by atoms with van der Waals surface area (Å²) >= 11 is 0. The van der Waals surface area contributed by atoms with Crippen LogP contribution in [0.15, 0.2) is 24.5 Å². The Hall–Kier alpha value is -3.23. The summed E-state index contributed by atoms with van der Waals surface area (Å²) in [5, 5.41) is 14.7. The molecule has 3 N–H and O–H groups in total. The lowest BCUT2D eigenvalue weighted by Gasteiger charge is -2.11. The number of carbonyl (C=O) groups is 1. The molecule has 0 saturated carbocycles. The van der Waals surface area contributed by atoms with Crippen LogP contribution >= 0.6 is 0 Å². The second-order valence-corrected chi connectivity index (χ2v) is 6.14. The van der Waals surface area contributed by atoms with Gasteiger partial charge in [0, 0.05) is 24.8 Å². The van der Waals surface area contributed by atoms with Crippen LogP contribution < -0.4 is 10.6 Å². The molecular formula is C17H21N7O2. The van der Waals surface area contributed by atoms with Gasteiger partial charge in [-0.1, -0.05) is 0 Å². The summed E-state index contributed by atoms with van der Waals surface area (Å²) in [4.78, 5) is 27.9. The van der Waals surface area contributed by atoms with Crippen molar-refractivity contribution in [3.63, 3.8) is 0 Å². The molecule has 0 saturated heterocycles. The van der Waals surface area contributed by atoms with Crippen LogP contribution in [0.3, 0.4) is 0 Å². The van der Waals surface area contributed by atoms with Crippen molar-refractivity contribution in [1.82, 2.24) is 24.5 Å². The Balaban J connectivity index is 1.80. The maximum Gasteiger partial charge on any atom is 0.305 e. The van der Waals surface area contributed by atoms with Crippen LogP contribution in [0, 0.1) is 6.92 Å². The second-order valence-electron chi connectivity index (χ2n) is 6.14. The molecule has 0 fully saturated rings. The molecule has 0 aromatic carbocycles. The monoisotopic (exact) mass is 355 g/mol. The number of nitrogens with one attached hydrogen (secondary N) is 2. The molecule has 0 aliphatic heterocycles. The maximum atomic E-state index is 10.6. The van der Waals surface area contributed by atoms with Crippen molar-refractivity contribution >= 4 is 34.6 Å². The summed E-state index contributed by atoms with van der Waals surface area (Å²) < 4.78 is 2.15. The first kappa shape index (κ1) is 17.6. The average Bonchev–Trinajstić information content (AvgIpc) is 2.90. The minimum atomic E-state index is -0.874. The minimum absolute atomic E-state index is 0.00220. The summed E-state index contributed by atoms with van der Waals surface area (Å²) in [6.45, 7) is 6.46. The number of carboxylic acid groups (broad SMARTS) is 1. The summed E-state index contributed by atoms with van der Waals surface area (Å²) in [6.07, 6.45) is 3.33. The quantitative estimate of drug-likeness (QED) is 0.592. The van der Waals surface area contributed by atoms with Gasteiger partial charge in [-0.3, -0.25) is 4.79 Å². The Morgan fingerprint density at radius 1 is 1.27 bits per heavy atom. The van der Waals surface area contributed by atoms with Crippen LogP contribution in [0.5, 0.6) is 0 Å². The van der Waals surface area contributed by atoms with Crippen molar-refractivity contribution in [3.8, 4) is 0 Å². The largest absolute Gasteiger partial charge is 0.481 e. The number of aliphatic carboxylic acids is 1. The van der Waals surface area contributed by atoms with Crippen molar-refractivity contribution < 1.29 is 9.90 Å². The van der Waals surface area contributed by atoms with Crippen LogP contribution in [0.2, 0.25) is 0 Å². The van der Waals surface area contributed by atoms with Crippen molar-refractivity contribution in [2.24, 2.45) is 0 Å². The third kappa shape index (κ3) is 3.88. The van der Waals surface area contributed by atoms with Crippen molar-refractivity contribution in [3.05, 3.63) is 30.4 Å². The summed E-state index contributed by atoms with van der Waals surface area (Å²) in [6, 6.07) is 3.95. The molecule has 0 radical (unpaired) electrons. The molecule has 3 aromatic rings. The Bertz CT molecular complexity index is 936. The average molecular weight is 355 g/mol. The fourth-order valence-corrected chi connectivity index (χ4v) is 2.77. The first-order valence-corrected chi connectivity index (χ1v) is 8.34. The number of nitrogens with zero attached hydrogens (tertiary/aromatic N) is 5. The third-order valence-corrected chi connectivity index (χ3v) is 3.80. The highest BCUT2D eigenvalue weighted by molar-refractivity contribution is 5.79. The molecule has 0 bridgehead atoms. The predicted octanol–water partition coefficient (Wildman–Crippen LogP) is 2.74. The fraction of sp³-hybridized carbons (Fsp3) is 0.353. The van der Waals surface area contributed by atoms with Gasteiger partial charge >= 0.3 is 5.97 Å². The van der Waals surface area contributed by atoms with Gasteiger partial charge in [0.2, 0.25) is 5.95 Å². The van der Waals surface area contributed by atoms with Crippen LogP contribution in [0.1, 0.15) is 32.1 Å². The van der Waals surface area contributed by atoms with Gasteiger partial charge in [-0.15, -0.1) is 0 Å². The van der Waals surface area contributed by atoms with Crippen molar-refractivity contribution in [2.75, 3.05) is 17.2 Å². The lowest BCUT2D eigenvalue weighted by molar-refractivity contribution is -0.136. The van der Waals surface area contributed by atoms with E-state index >= 15 is 0 Å². The first-order chi connectivity index (χ1) is 12.4. The Morgan fingerprint density at radius 2 is 2.08 bits per heavy atom. The van der Waals surface area contributed by atoms with E-state index in [1.807, 2.05) is 13.0 Å². The molecule has 0 spiro atoms. The van der Waals surface area contributed by atoms with Crippen LogP contribution in [0.4, 0.5) is 17.6 Å². The smallest absolute Gasteiger partial charge is 0.305 e. The molecule has 0 unspecified atom stereocenters. The van der Waals surface area contributed by atoms with Crippen molar-refractivity contribution in [2.45, 2.75) is 33.2 Å². The number of aromatic nitrogens is 5. The minimum Gasteiger partial charge on any atom is -0.481 e. The molecule has 0 aliphatic carbocycles. The van der Waals surface area contributed by atoms with Crippen molar-refractivity contribution in [1.29, 1.82) is 0 Å². The second kappa shape index (κ2) is 7.34. The molecular weight excluding hydrogens is 334 g/mol. The van der Waals surface area contributed by atoms with E-state index in [0.717, 1.165) is 16.9 Å². The highest BCUT2D eigenvalue weighted by Gasteiger charge is 2.11. The van der Waals surface area contributed by atoms with E-state index in [2.05, 4.69) is 49.0 Å². The molecule has 0 aliphatic rings. The third-order valence-electron chi connectivity index (χ3n) is 3.80. The summed E-state index contributed by atoms with van der Waals surface area (Å²) in [7, 11) is 0. The predicted molar refractivity (Wildman–Crippen MR) is 98.7 cm³/mol. The van der Waals surface area contributed by atoms with E-state index < -0.39 is 5.97 Å². The van der Waals surface area contributed by atoms with Gasteiger partial charge in [0.15, 0.2) is 0 Å². The molecule has 0 amide bonds. The molecule has 9 nitrogen and oxygen atoms in total. The molecule has 3 aromatic heterocycles. The number of rotatable bonds is 7. The number of hydrogen-bond donors (Lipinski definition) is 3. The molecule has 136 valence electrons. The summed E-state index contributed by atoms with van der Waals surface area (Å²) in [5.41, 5.74) is 1.85. The van der Waals surface area contributed by atoms with E-state index in [0.29, 0.717) is 23.6 Å². The molecule has 26 heavy (non-hydrogen) atoms. The zero-order chi connectivity index (χ0) is 18.7. The zero-order valence-electron chi connectivity index (χ0n) is 14.9. The van der Waals surface area contributed by atoms with Gasteiger partial charge in [0.1, 0.15) is 23.0 Å². The van der Waals surface area contributed by atoms with Crippen LogP contribution in [-0.2, 0) is 4.79 Å². The molecule has 3 heterocycles. The van der Waals surface area contributed by atoms with E-state index in [1.165, 1.54) is 0 Å². The first-order valence-electron chi connectivity index (χ1n) is 8.34. The number of pyridine rings is 1. The maximum absolute atomic E-state index is 10.6. The topological polar surface area (TPSA) is 118 Å². The van der Waals surface area contributed by atoms with E-state index in [9.17, 15) is 4.79 Å². The molecule has 9 heteroatoms. The fourth-order valence-electron chi connectivity index (χ4n) is 2.77. The van der Waals surface area contributed by atoms with Gasteiger partial charge in [0.25, 0.3) is 0 Å². The normalized spacial score (nSPS) is 11.1. The van der Waals surface area contributed by atoms with E-state index in [4.69, 9.17) is 5.11 Å². The molecule has 3 rings (SSSR count). The van der Waals surface area contributed by atoms with Gasteiger partial charge in [0.05, 0.1) is 18.1 Å². The molecule has 0 atom stereocenters. The number of carboxylic acids is 1. The standard InChI is InChI=1S/C17H21N7O2/c1-10(2)24-11(3)21-12-9-20-15(8-13(12)24)22-14-4-6-18-17(23-14)19-7-5-16(25)26/h4,6,8-10H,5,7H2,1-3H3,(H,25,26)(H2,18,19,20,22,23). The number of fused-ring (bicyclic) bond motifs is 1. The van der Waals surface area contributed by atoms with Gasteiger partial charge in [-0.25, -0.2) is 15.0 Å². The zero-order valence-corrected chi connectivity index (χ0v) is 14.9. The van der Waals surface area contributed by atoms with Gasteiger partial charge in [-0.05, 0) is 26.8 Å². The highest BCUT2D eigenvalue weighted by Crippen LogP contribution is 2.23. The summed E-state index contributed by atoms with van der Waals surface area (Å²) in [5.74, 6) is 1.65.